The van der Waals surface area contributed by atoms with Gasteiger partial charge < -0.3 is 14.0 Å². The van der Waals surface area contributed by atoms with Gasteiger partial charge >= 0.3 is 5.97 Å². The summed E-state index contributed by atoms with van der Waals surface area (Å²) in [5.41, 5.74) is 3.17. The minimum absolute atomic E-state index is 0.0240. The number of hydrogen-bond acceptors (Lipinski definition) is 8. The molecule has 8 heteroatoms. The van der Waals surface area contributed by atoms with Crippen molar-refractivity contribution in [3.63, 3.8) is 0 Å². The second-order valence-electron chi connectivity index (χ2n) is 9.34. The molecule has 0 unspecified atom stereocenters. The normalized spacial score (nSPS) is 14.5. The molecule has 36 heavy (non-hydrogen) atoms. The molecule has 1 saturated heterocycles. The fraction of sp³-hybridized carbons (Fsp3) is 0.429. The Hall–Kier alpha value is -3.70. The van der Waals surface area contributed by atoms with Gasteiger partial charge in [0.2, 0.25) is 5.82 Å². The highest BCUT2D eigenvalue weighted by molar-refractivity contribution is 5.69. The van der Waals surface area contributed by atoms with Gasteiger partial charge in [-0.1, -0.05) is 29.4 Å². The Morgan fingerprint density at radius 3 is 2.56 bits per heavy atom. The van der Waals surface area contributed by atoms with E-state index in [1.165, 1.54) is 5.56 Å². The topological polar surface area (TPSA) is 101 Å². The smallest absolute Gasteiger partial charge is 0.306 e. The molecule has 188 valence electrons. The third-order valence-corrected chi connectivity index (χ3v) is 6.22. The lowest BCUT2D eigenvalue weighted by atomic mass is 9.93. The van der Waals surface area contributed by atoms with Crippen LogP contribution in [0.4, 0.5) is 0 Å². The molecule has 2 aromatic carbocycles. The van der Waals surface area contributed by atoms with Gasteiger partial charge in [0, 0.05) is 24.1 Å². The number of benzene rings is 2. The summed E-state index contributed by atoms with van der Waals surface area (Å²) >= 11 is 0. The van der Waals surface area contributed by atoms with Crippen molar-refractivity contribution >= 4 is 5.97 Å². The Balaban J connectivity index is 1.35. The molecule has 2 heterocycles. The molecule has 1 aliphatic rings. The molecule has 4 rings (SSSR count). The summed E-state index contributed by atoms with van der Waals surface area (Å²) in [6.07, 6.45) is 2.53. The van der Waals surface area contributed by atoms with Gasteiger partial charge in [0.05, 0.1) is 18.3 Å². The van der Waals surface area contributed by atoms with Crippen LogP contribution >= 0.6 is 0 Å². The Labute approximate surface area is 211 Å². The molecule has 1 aromatic heterocycles. The number of nitrogens with zero attached hydrogens (tertiary/aromatic N) is 4. The van der Waals surface area contributed by atoms with E-state index in [1.807, 2.05) is 39.0 Å². The van der Waals surface area contributed by atoms with Crippen LogP contribution in [-0.4, -0.2) is 46.8 Å². The average Bonchev–Trinajstić information content (AvgIpc) is 3.36. The molecule has 1 aliphatic heterocycles. The van der Waals surface area contributed by atoms with Gasteiger partial charge in [0.25, 0.3) is 5.89 Å². The zero-order valence-corrected chi connectivity index (χ0v) is 21.1. The van der Waals surface area contributed by atoms with Gasteiger partial charge in [-0.05, 0) is 76.4 Å². The number of likely N-dealkylation sites (tertiary alicyclic amines) is 1. The van der Waals surface area contributed by atoms with Crippen LogP contribution < -0.4 is 4.74 Å². The molecule has 0 bridgehead atoms. The first-order valence-corrected chi connectivity index (χ1v) is 12.5. The molecule has 1 fully saturated rings. The summed E-state index contributed by atoms with van der Waals surface area (Å²) in [5, 5.41) is 13.6. The number of aromatic nitrogens is 2. The Kier molecular flexibility index (Phi) is 8.34. The average molecular weight is 489 g/mol. The predicted molar refractivity (Wildman–Crippen MR) is 135 cm³/mol. The molecule has 0 spiro atoms. The van der Waals surface area contributed by atoms with Crippen molar-refractivity contribution in [2.24, 2.45) is 5.92 Å². The van der Waals surface area contributed by atoms with Gasteiger partial charge in [-0.25, -0.2) is 0 Å². The minimum Gasteiger partial charge on any atom is -0.490 e. The van der Waals surface area contributed by atoms with Crippen molar-refractivity contribution in [3.05, 3.63) is 53.6 Å². The van der Waals surface area contributed by atoms with Crippen LogP contribution in [0.2, 0.25) is 0 Å². The summed E-state index contributed by atoms with van der Waals surface area (Å²) in [6.45, 7) is 8.95. The first-order chi connectivity index (χ1) is 17.4. The zero-order valence-electron chi connectivity index (χ0n) is 21.1. The number of carbonyl (C=O) groups excluding carboxylic acids is 1. The maximum atomic E-state index is 11.7. The van der Waals surface area contributed by atoms with E-state index in [0.717, 1.165) is 38.0 Å². The molecule has 0 saturated carbocycles. The van der Waals surface area contributed by atoms with Crippen molar-refractivity contribution in [3.8, 4) is 34.7 Å². The molecular weight excluding hydrogens is 456 g/mol. The first kappa shape index (κ1) is 25.4. The number of esters is 1. The molecule has 8 nitrogen and oxygen atoms in total. The second-order valence-corrected chi connectivity index (χ2v) is 9.34. The Morgan fingerprint density at radius 1 is 1.17 bits per heavy atom. The number of hydrogen-bond donors (Lipinski definition) is 0. The Morgan fingerprint density at radius 2 is 1.89 bits per heavy atom. The number of piperidine rings is 1. The lowest BCUT2D eigenvalue weighted by molar-refractivity contribution is -0.144. The number of ether oxygens (including phenoxy) is 2. The number of nitriles is 1. The Bertz CT molecular complexity index is 1210. The highest BCUT2D eigenvalue weighted by Gasteiger charge is 2.22. The van der Waals surface area contributed by atoms with Gasteiger partial charge in [-0.15, -0.1) is 0 Å². The van der Waals surface area contributed by atoms with Crippen LogP contribution in [-0.2, 0) is 16.1 Å². The quantitative estimate of drug-likeness (QED) is 0.378. The lowest BCUT2D eigenvalue weighted by Gasteiger charge is -2.31. The number of rotatable bonds is 9. The molecule has 0 N–H and O–H groups in total. The standard InChI is InChI=1S/C28H32N4O4/c1-4-34-26(33)15-20-11-13-32(14-12-20)18-21-5-7-22(8-6-21)27-30-28(36-31-27)23-9-10-25(35-19(2)3)24(16-23)17-29/h5-10,16,19-20H,4,11-15,18H2,1-3H3. The van der Waals surface area contributed by atoms with E-state index in [1.54, 1.807) is 12.1 Å². The van der Waals surface area contributed by atoms with Gasteiger partial charge in [0.15, 0.2) is 0 Å². The van der Waals surface area contributed by atoms with Crippen LogP contribution in [0.15, 0.2) is 47.0 Å². The summed E-state index contributed by atoms with van der Waals surface area (Å²) in [5.74, 6) is 1.72. The van der Waals surface area contributed by atoms with Crippen molar-refractivity contribution in [2.45, 2.75) is 52.7 Å². The van der Waals surface area contributed by atoms with E-state index in [4.69, 9.17) is 14.0 Å². The van der Waals surface area contributed by atoms with Crippen molar-refractivity contribution in [2.75, 3.05) is 19.7 Å². The zero-order chi connectivity index (χ0) is 25.5. The maximum absolute atomic E-state index is 11.7. The maximum Gasteiger partial charge on any atom is 0.306 e. The van der Waals surface area contributed by atoms with E-state index in [2.05, 4.69) is 33.2 Å². The van der Waals surface area contributed by atoms with Crippen molar-refractivity contribution in [1.29, 1.82) is 5.26 Å². The minimum atomic E-state index is -0.0844. The summed E-state index contributed by atoms with van der Waals surface area (Å²) in [7, 11) is 0. The molecule has 0 radical (unpaired) electrons. The van der Waals surface area contributed by atoms with E-state index in [9.17, 15) is 10.1 Å². The largest absolute Gasteiger partial charge is 0.490 e. The van der Waals surface area contributed by atoms with Crippen LogP contribution in [0.1, 0.15) is 51.2 Å². The molecular formula is C28H32N4O4. The fourth-order valence-corrected chi connectivity index (χ4v) is 4.39. The third-order valence-electron chi connectivity index (χ3n) is 6.22. The summed E-state index contributed by atoms with van der Waals surface area (Å²) in [6, 6.07) is 15.6. The number of carbonyl (C=O) groups is 1. The van der Waals surface area contributed by atoms with E-state index < -0.39 is 0 Å². The fourth-order valence-electron chi connectivity index (χ4n) is 4.39. The van der Waals surface area contributed by atoms with Crippen LogP contribution in [0.3, 0.4) is 0 Å². The van der Waals surface area contributed by atoms with E-state index >= 15 is 0 Å². The molecule has 3 aromatic rings. The van der Waals surface area contributed by atoms with E-state index in [0.29, 0.717) is 47.5 Å². The summed E-state index contributed by atoms with van der Waals surface area (Å²) in [4.78, 5) is 18.7. The third kappa shape index (κ3) is 6.49. The van der Waals surface area contributed by atoms with Crippen LogP contribution in [0.5, 0.6) is 5.75 Å². The van der Waals surface area contributed by atoms with Crippen LogP contribution in [0.25, 0.3) is 22.8 Å². The monoisotopic (exact) mass is 488 g/mol. The highest BCUT2D eigenvalue weighted by Crippen LogP contribution is 2.28. The summed E-state index contributed by atoms with van der Waals surface area (Å²) < 4.78 is 16.2. The predicted octanol–water partition coefficient (Wildman–Crippen LogP) is 5.23. The molecule has 0 aliphatic carbocycles. The SMILES string of the molecule is CCOC(=O)CC1CCN(Cc2ccc(-c3noc(-c4ccc(OC(C)C)c(C#N)c4)n3)cc2)CC1. The second kappa shape index (κ2) is 11.8. The van der Waals surface area contributed by atoms with Gasteiger partial charge in [0.1, 0.15) is 11.8 Å². The molecule has 0 atom stereocenters. The van der Waals surface area contributed by atoms with E-state index in [-0.39, 0.29) is 12.1 Å². The highest BCUT2D eigenvalue weighted by atomic mass is 16.5. The first-order valence-electron chi connectivity index (χ1n) is 12.5. The lowest BCUT2D eigenvalue weighted by Crippen LogP contribution is -2.34. The van der Waals surface area contributed by atoms with Gasteiger partial charge in [-0.2, -0.15) is 10.2 Å². The van der Waals surface area contributed by atoms with Crippen LogP contribution in [0, 0.1) is 17.2 Å². The van der Waals surface area contributed by atoms with Crippen molar-refractivity contribution in [1.82, 2.24) is 15.0 Å². The van der Waals surface area contributed by atoms with Crippen molar-refractivity contribution < 1.29 is 18.8 Å². The van der Waals surface area contributed by atoms with Gasteiger partial charge in [-0.3, -0.25) is 9.69 Å². The molecule has 0 amide bonds.